The summed E-state index contributed by atoms with van der Waals surface area (Å²) >= 11 is 0. The summed E-state index contributed by atoms with van der Waals surface area (Å²) in [4.78, 5) is 19.1. The standard InChI is InChI=1S/C7H16.C4H4O4/c1-3-5-7-6-4-2;5-3(6)1-2-4(7)8/h3-7H2,1-2H3;1-2H,(H,5,6)(H,7,8)/b;2-1-. The Kier molecular flexibility index (Phi) is 13.6. The first-order valence-corrected chi connectivity index (χ1v) is 5.18. The molecule has 0 rings (SSSR count). The number of carbonyl (C=O) groups is 2. The van der Waals surface area contributed by atoms with E-state index < -0.39 is 11.9 Å². The molecule has 0 spiro atoms. The lowest BCUT2D eigenvalue weighted by atomic mass is 10.2. The van der Waals surface area contributed by atoms with Crippen molar-refractivity contribution in [3.05, 3.63) is 12.2 Å². The third-order valence-electron chi connectivity index (χ3n) is 1.58. The molecule has 2 N–H and O–H groups in total. The van der Waals surface area contributed by atoms with Gasteiger partial charge in [0.1, 0.15) is 0 Å². The van der Waals surface area contributed by atoms with Gasteiger partial charge in [0, 0.05) is 12.2 Å². The van der Waals surface area contributed by atoms with Gasteiger partial charge in [0.05, 0.1) is 0 Å². The van der Waals surface area contributed by atoms with Gasteiger partial charge in [0.15, 0.2) is 0 Å². The predicted molar refractivity (Wildman–Crippen MR) is 58.8 cm³/mol. The molecular formula is C11H20O4. The van der Waals surface area contributed by atoms with Crippen molar-refractivity contribution in [1.29, 1.82) is 0 Å². The number of unbranched alkanes of at least 4 members (excludes halogenated alkanes) is 4. The van der Waals surface area contributed by atoms with Crippen LogP contribution in [-0.4, -0.2) is 22.2 Å². The zero-order valence-corrected chi connectivity index (χ0v) is 9.40. The molecule has 0 saturated carbocycles. The van der Waals surface area contributed by atoms with E-state index in [-0.39, 0.29) is 0 Å². The summed E-state index contributed by atoms with van der Waals surface area (Å²) in [5.41, 5.74) is 0. The second-order valence-electron chi connectivity index (χ2n) is 3.07. The summed E-state index contributed by atoms with van der Waals surface area (Å²) in [6, 6.07) is 0. The minimum atomic E-state index is -1.26. The second-order valence-corrected chi connectivity index (χ2v) is 3.07. The molecule has 0 unspecified atom stereocenters. The topological polar surface area (TPSA) is 74.6 Å². The Bertz CT molecular complexity index is 177. The quantitative estimate of drug-likeness (QED) is 0.528. The highest BCUT2D eigenvalue weighted by molar-refractivity contribution is 5.89. The van der Waals surface area contributed by atoms with E-state index in [2.05, 4.69) is 13.8 Å². The van der Waals surface area contributed by atoms with Gasteiger partial charge in [0.2, 0.25) is 0 Å². The van der Waals surface area contributed by atoms with Crippen LogP contribution in [0, 0.1) is 0 Å². The van der Waals surface area contributed by atoms with Crippen LogP contribution in [0.5, 0.6) is 0 Å². The van der Waals surface area contributed by atoms with Gasteiger partial charge in [-0.25, -0.2) is 9.59 Å². The number of rotatable bonds is 6. The summed E-state index contributed by atoms with van der Waals surface area (Å²) in [5.74, 6) is -2.51. The molecule has 0 aromatic heterocycles. The molecular weight excluding hydrogens is 196 g/mol. The third kappa shape index (κ3) is 24.5. The number of hydrogen-bond donors (Lipinski definition) is 2. The summed E-state index contributed by atoms with van der Waals surface area (Å²) in [5, 5.41) is 15.6. The van der Waals surface area contributed by atoms with E-state index in [4.69, 9.17) is 10.2 Å². The zero-order valence-electron chi connectivity index (χ0n) is 9.40. The summed E-state index contributed by atoms with van der Waals surface area (Å²) < 4.78 is 0. The lowest BCUT2D eigenvalue weighted by molar-refractivity contribution is -0.134. The van der Waals surface area contributed by atoms with Gasteiger partial charge in [-0.2, -0.15) is 0 Å². The molecule has 0 atom stereocenters. The number of aliphatic carboxylic acids is 2. The summed E-state index contributed by atoms with van der Waals surface area (Å²) in [6.45, 7) is 4.49. The molecule has 0 aliphatic heterocycles. The zero-order chi connectivity index (χ0) is 12.1. The molecule has 0 fully saturated rings. The van der Waals surface area contributed by atoms with Crippen LogP contribution in [-0.2, 0) is 9.59 Å². The van der Waals surface area contributed by atoms with Gasteiger partial charge in [-0.05, 0) is 0 Å². The summed E-state index contributed by atoms with van der Waals surface area (Å²) in [7, 11) is 0. The highest BCUT2D eigenvalue weighted by atomic mass is 16.4. The van der Waals surface area contributed by atoms with Crippen molar-refractivity contribution in [2.45, 2.75) is 46.0 Å². The van der Waals surface area contributed by atoms with E-state index in [9.17, 15) is 9.59 Å². The Balaban J connectivity index is 0. The third-order valence-corrected chi connectivity index (χ3v) is 1.58. The van der Waals surface area contributed by atoms with Crippen molar-refractivity contribution in [3.63, 3.8) is 0 Å². The van der Waals surface area contributed by atoms with Crippen molar-refractivity contribution in [3.8, 4) is 0 Å². The lowest BCUT2D eigenvalue weighted by Gasteiger charge is -1.90. The number of hydrogen-bond acceptors (Lipinski definition) is 2. The van der Waals surface area contributed by atoms with Crippen LogP contribution in [0.3, 0.4) is 0 Å². The Morgan fingerprint density at radius 2 is 1.20 bits per heavy atom. The minimum absolute atomic E-state index is 0.558. The van der Waals surface area contributed by atoms with Gasteiger partial charge in [-0.15, -0.1) is 0 Å². The fourth-order valence-electron chi connectivity index (χ4n) is 0.819. The first-order chi connectivity index (χ1) is 7.04. The molecule has 0 aromatic carbocycles. The van der Waals surface area contributed by atoms with E-state index in [1.807, 2.05) is 0 Å². The normalized spacial score (nSPS) is 9.47. The molecule has 88 valence electrons. The van der Waals surface area contributed by atoms with Gasteiger partial charge >= 0.3 is 11.9 Å². The fourth-order valence-corrected chi connectivity index (χ4v) is 0.819. The van der Waals surface area contributed by atoms with Crippen LogP contribution in [0.1, 0.15) is 46.0 Å². The van der Waals surface area contributed by atoms with Crippen LogP contribution >= 0.6 is 0 Å². The molecule has 0 aliphatic carbocycles. The molecule has 0 heterocycles. The molecule has 0 saturated heterocycles. The monoisotopic (exact) mass is 216 g/mol. The molecule has 4 heteroatoms. The van der Waals surface area contributed by atoms with E-state index >= 15 is 0 Å². The van der Waals surface area contributed by atoms with Crippen LogP contribution in [0.25, 0.3) is 0 Å². The van der Waals surface area contributed by atoms with Crippen molar-refractivity contribution >= 4 is 11.9 Å². The minimum Gasteiger partial charge on any atom is -0.478 e. The Hall–Kier alpha value is -1.32. The largest absolute Gasteiger partial charge is 0.478 e. The second kappa shape index (κ2) is 12.7. The van der Waals surface area contributed by atoms with Crippen molar-refractivity contribution in [2.24, 2.45) is 0 Å². The van der Waals surface area contributed by atoms with E-state index in [1.54, 1.807) is 0 Å². The Labute approximate surface area is 90.6 Å². The Morgan fingerprint density at radius 1 is 0.867 bits per heavy atom. The first kappa shape index (κ1) is 16.1. The van der Waals surface area contributed by atoms with Crippen molar-refractivity contribution in [2.75, 3.05) is 0 Å². The maximum absolute atomic E-state index is 9.55. The van der Waals surface area contributed by atoms with E-state index in [0.29, 0.717) is 12.2 Å². The maximum Gasteiger partial charge on any atom is 0.328 e. The maximum atomic E-state index is 9.55. The predicted octanol–water partition coefficient (Wildman–Crippen LogP) is 2.69. The van der Waals surface area contributed by atoms with Crippen molar-refractivity contribution in [1.82, 2.24) is 0 Å². The number of carboxylic acids is 2. The molecule has 0 aliphatic rings. The van der Waals surface area contributed by atoms with Crippen LogP contribution in [0.2, 0.25) is 0 Å². The SMILES string of the molecule is CCCCCCC.O=C(O)/C=C\C(=O)O. The molecule has 0 amide bonds. The summed E-state index contributed by atoms with van der Waals surface area (Å²) in [6.07, 6.45) is 8.12. The number of carboxylic acid groups (broad SMARTS) is 2. The molecule has 0 bridgehead atoms. The van der Waals surface area contributed by atoms with E-state index in [0.717, 1.165) is 0 Å². The van der Waals surface area contributed by atoms with Gasteiger partial charge in [-0.3, -0.25) is 0 Å². The highest BCUT2D eigenvalue weighted by Crippen LogP contribution is 2.00. The van der Waals surface area contributed by atoms with Gasteiger partial charge < -0.3 is 10.2 Å². The molecule has 0 radical (unpaired) electrons. The van der Waals surface area contributed by atoms with Gasteiger partial charge in [0.25, 0.3) is 0 Å². The highest BCUT2D eigenvalue weighted by Gasteiger charge is 1.88. The molecule has 0 aromatic rings. The van der Waals surface area contributed by atoms with Crippen LogP contribution in [0.15, 0.2) is 12.2 Å². The van der Waals surface area contributed by atoms with Crippen LogP contribution < -0.4 is 0 Å². The lowest BCUT2D eigenvalue weighted by Crippen LogP contribution is -1.91. The first-order valence-electron chi connectivity index (χ1n) is 5.18. The van der Waals surface area contributed by atoms with E-state index in [1.165, 1.54) is 32.1 Å². The average Bonchev–Trinajstić information content (AvgIpc) is 2.17. The fraction of sp³-hybridized carbons (Fsp3) is 0.636. The van der Waals surface area contributed by atoms with Crippen LogP contribution in [0.4, 0.5) is 0 Å². The smallest absolute Gasteiger partial charge is 0.328 e. The van der Waals surface area contributed by atoms with Crippen molar-refractivity contribution < 1.29 is 19.8 Å². The molecule has 15 heavy (non-hydrogen) atoms. The van der Waals surface area contributed by atoms with Gasteiger partial charge in [-0.1, -0.05) is 46.0 Å². The molecule has 4 nitrogen and oxygen atoms in total. The average molecular weight is 216 g/mol. The Morgan fingerprint density at radius 3 is 1.40 bits per heavy atom.